The Morgan fingerprint density at radius 2 is 1.76 bits per heavy atom. The van der Waals surface area contributed by atoms with Crippen molar-refractivity contribution >= 4 is 17.6 Å². The zero-order valence-corrected chi connectivity index (χ0v) is 11.6. The number of hydrogen-bond donors (Lipinski definition) is 0. The van der Waals surface area contributed by atoms with Crippen molar-refractivity contribution in [1.82, 2.24) is 0 Å². The number of esters is 1. The van der Waals surface area contributed by atoms with Gasteiger partial charge in [0.1, 0.15) is 0 Å². The van der Waals surface area contributed by atoms with Gasteiger partial charge in [0.15, 0.2) is 0 Å². The Balaban J connectivity index is 2.50. The van der Waals surface area contributed by atoms with Crippen LogP contribution in [0, 0.1) is 0 Å². The summed E-state index contributed by atoms with van der Waals surface area (Å²) in [6.45, 7) is 0. The molecule has 2 nitrogen and oxygen atoms in total. The molecule has 21 heavy (non-hydrogen) atoms. The smallest absolute Gasteiger partial charge is 0.417 e. The number of rotatable bonds is 2. The van der Waals surface area contributed by atoms with Crippen molar-refractivity contribution in [3.63, 3.8) is 0 Å². The minimum atomic E-state index is -4.53. The molecule has 2 aromatic carbocycles. The average molecular weight is 315 g/mol. The highest BCUT2D eigenvalue weighted by Crippen LogP contribution is 2.37. The van der Waals surface area contributed by atoms with Crippen molar-refractivity contribution in [2.45, 2.75) is 6.18 Å². The Kier molecular flexibility index (Phi) is 4.23. The highest BCUT2D eigenvalue weighted by Gasteiger charge is 2.33. The molecule has 0 aliphatic carbocycles. The second-order valence-electron chi connectivity index (χ2n) is 4.26. The summed E-state index contributed by atoms with van der Waals surface area (Å²) in [6, 6.07) is 9.78. The Morgan fingerprint density at radius 1 is 1.10 bits per heavy atom. The first kappa shape index (κ1) is 15.4. The van der Waals surface area contributed by atoms with Crippen LogP contribution >= 0.6 is 11.6 Å². The normalized spacial score (nSPS) is 11.3. The minimum Gasteiger partial charge on any atom is -0.465 e. The van der Waals surface area contributed by atoms with Crippen LogP contribution in [-0.4, -0.2) is 13.1 Å². The summed E-state index contributed by atoms with van der Waals surface area (Å²) in [7, 11) is 1.24. The molecule has 0 saturated carbocycles. The van der Waals surface area contributed by atoms with Crippen LogP contribution in [0.3, 0.4) is 0 Å². The summed E-state index contributed by atoms with van der Waals surface area (Å²) in [4.78, 5) is 11.5. The minimum absolute atomic E-state index is 0.263. The molecule has 110 valence electrons. The van der Waals surface area contributed by atoms with Gasteiger partial charge in [-0.1, -0.05) is 29.8 Å². The van der Waals surface area contributed by atoms with E-state index < -0.39 is 17.7 Å². The van der Waals surface area contributed by atoms with Gasteiger partial charge in [0.05, 0.1) is 23.3 Å². The van der Waals surface area contributed by atoms with Crippen molar-refractivity contribution in [3.8, 4) is 11.1 Å². The van der Waals surface area contributed by atoms with Gasteiger partial charge in [-0.25, -0.2) is 4.79 Å². The number of carbonyl (C=O) groups is 1. The number of benzene rings is 2. The molecule has 0 fully saturated rings. The Hall–Kier alpha value is -2.01. The van der Waals surface area contributed by atoms with E-state index in [1.807, 2.05) is 0 Å². The fourth-order valence-electron chi connectivity index (χ4n) is 1.87. The number of methoxy groups -OCH3 is 1. The molecule has 0 N–H and O–H groups in total. The fraction of sp³-hybridized carbons (Fsp3) is 0.133. The molecule has 0 unspecified atom stereocenters. The number of halogens is 4. The maximum absolute atomic E-state index is 12.8. The van der Waals surface area contributed by atoms with Crippen LogP contribution in [0.5, 0.6) is 0 Å². The van der Waals surface area contributed by atoms with E-state index in [1.165, 1.54) is 31.4 Å². The predicted octanol–water partition coefficient (Wildman–Crippen LogP) is 4.81. The molecule has 2 aromatic rings. The van der Waals surface area contributed by atoms with Gasteiger partial charge in [-0.2, -0.15) is 13.2 Å². The van der Waals surface area contributed by atoms with Crippen LogP contribution in [0.4, 0.5) is 13.2 Å². The van der Waals surface area contributed by atoms with E-state index in [0.29, 0.717) is 11.1 Å². The molecule has 2 rings (SSSR count). The Morgan fingerprint density at radius 3 is 2.38 bits per heavy atom. The SMILES string of the molecule is COC(=O)c1cccc(-c2ccc(Cl)c(C(F)(F)F)c2)c1. The number of carbonyl (C=O) groups excluding carboxylic acids is 1. The third kappa shape index (κ3) is 3.36. The van der Waals surface area contributed by atoms with Crippen molar-refractivity contribution in [1.29, 1.82) is 0 Å². The Bertz CT molecular complexity index is 681. The van der Waals surface area contributed by atoms with Gasteiger partial charge in [-0.3, -0.25) is 0 Å². The van der Waals surface area contributed by atoms with Gasteiger partial charge in [0.25, 0.3) is 0 Å². The molecule has 0 heterocycles. The second-order valence-corrected chi connectivity index (χ2v) is 4.67. The van der Waals surface area contributed by atoms with Crippen LogP contribution < -0.4 is 0 Å². The quantitative estimate of drug-likeness (QED) is 0.743. The zero-order chi connectivity index (χ0) is 15.6. The highest BCUT2D eigenvalue weighted by molar-refractivity contribution is 6.31. The number of ether oxygens (including phenoxy) is 1. The average Bonchev–Trinajstić information content (AvgIpc) is 2.46. The first-order chi connectivity index (χ1) is 9.82. The van der Waals surface area contributed by atoms with E-state index in [-0.39, 0.29) is 10.6 Å². The molecule has 0 spiro atoms. The molecule has 0 radical (unpaired) electrons. The molecule has 0 saturated heterocycles. The lowest BCUT2D eigenvalue weighted by Gasteiger charge is -2.11. The van der Waals surface area contributed by atoms with Gasteiger partial charge in [-0.15, -0.1) is 0 Å². The molecule has 0 amide bonds. The largest absolute Gasteiger partial charge is 0.465 e. The van der Waals surface area contributed by atoms with E-state index in [2.05, 4.69) is 4.74 Å². The third-order valence-electron chi connectivity index (χ3n) is 2.89. The summed E-state index contributed by atoms with van der Waals surface area (Å²) in [6.07, 6.45) is -4.53. The lowest BCUT2D eigenvalue weighted by atomic mass is 10.0. The monoisotopic (exact) mass is 314 g/mol. The lowest BCUT2D eigenvalue weighted by Crippen LogP contribution is -2.06. The number of hydrogen-bond acceptors (Lipinski definition) is 2. The topological polar surface area (TPSA) is 26.3 Å². The molecular weight excluding hydrogens is 305 g/mol. The molecular formula is C15H10ClF3O2. The van der Waals surface area contributed by atoms with Gasteiger partial charge in [0.2, 0.25) is 0 Å². The van der Waals surface area contributed by atoms with E-state index in [0.717, 1.165) is 6.07 Å². The molecule has 0 aliphatic rings. The van der Waals surface area contributed by atoms with Crippen LogP contribution in [0.1, 0.15) is 15.9 Å². The van der Waals surface area contributed by atoms with Crippen LogP contribution in [-0.2, 0) is 10.9 Å². The standard InChI is InChI=1S/C15H10ClF3O2/c1-21-14(20)11-4-2-3-9(7-11)10-5-6-13(16)12(8-10)15(17,18)19/h2-8H,1H3. The van der Waals surface area contributed by atoms with Crippen molar-refractivity contribution < 1.29 is 22.7 Å². The maximum Gasteiger partial charge on any atom is 0.417 e. The van der Waals surface area contributed by atoms with Crippen molar-refractivity contribution in [3.05, 3.63) is 58.6 Å². The summed E-state index contributed by atoms with van der Waals surface area (Å²) in [5, 5.41) is -0.365. The zero-order valence-electron chi connectivity index (χ0n) is 10.9. The van der Waals surface area contributed by atoms with Crippen LogP contribution in [0.2, 0.25) is 5.02 Å². The maximum atomic E-state index is 12.8. The first-order valence-electron chi connectivity index (χ1n) is 5.88. The molecule has 0 aliphatic heterocycles. The molecule has 0 atom stereocenters. The van der Waals surface area contributed by atoms with E-state index in [4.69, 9.17) is 11.6 Å². The lowest BCUT2D eigenvalue weighted by molar-refractivity contribution is -0.137. The second kappa shape index (κ2) is 5.77. The van der Waals surface area contributed by atoms with Gasteiger partial charge < -0.3 is 4.74 Å². The van der Waals surface area contributed by atoms with Crippen LogP contribution in [0.25, 0.3) is 11.1 Å². The van der Waals surface area contributed by atoms with Crippen LogP contribution in [0.15, 0.2) is 42.5 Å². The fourth-order valence-corrected chi connectivity index (χ4v) is 2.09. The summed E-state index contributed by atoms with van der Waals surface area (Å²) in [5.74, 6) is -0.554. The highest BCUT2D eigenvalue weighted by atomic mass is 35.5. The summed E-state index contributed by atoms with van der Waals surface area (Å²) < 4.78 is 43.1. The third-order valence-corrected chi connectivity index (χ3v) is 3.22. The molecule has 6 heteroatoms. The van der Waals surface area contributed by atoms with Gasteiger partial charge in [0, 0.05) is 0 Å². The summed E-state index contributed by atoms with van der Waals surface area (Å²) >= 11 is 5.58. The molecule has 0 bridgehead atoms. The van der Waals surface area contributed by atoms with E-state index >= 15 is 0 Å². The molecule has 0 aromatic heterocycles. The predicted molar refractivity (Wildman–Crippen MR) is 73.2 cm³/mol. The summed E-state index contributed by atoms with van der Waals surface area (Å²) in [5.41, 5.74) is 0.140. The van der Waals surface area contributed by atoms with E-state index in [1.54, 1.807) is 12.1 Å². The van der Waals surface area contributed by atoms with Gasteiger partial charge >= 0.3 is 12.1 Å². The Labute approximate surface area is 124 Å². The first-order valence-corrected chi connectivity index (χ1v) is 6.26. The van der Waals surface area contributed by atoms with E-state index in [9.17, 15) is 18.0 Å². The van der Waals surface area contributed by atoms with Gasteiger partial charge in [-0.05, 0) is 35.4 Å². The van der Waals surface area contributed by atoms with Crippen molar-refractivity contribution in [2.75, 3.05) is 7.11 Å². The van der Waals surface area contributed by atoms with Crippen molar-refractivity contribution in [2.24, 2.45) is 0 Å². The number of alkyl halides is 3.